The summed E-state index contributed by atoms with van der Waals surface area (Å²) in [4.78, 5) is 0. The van der Waals surface area contributed by atoms with Crippen molar-refractivity contribution >= 4 is 15.9 Å². The summed E-state index contributed by atoms with van der Waals surface area (Å²) < 4.78 is 28.3. The van der Waals surface area contributed by atoms with Gasteiger partial charge in [0.2, 0.25) is 0 Å². The van der Waals surface area contributed by atoms with Crippen molar-refractivity contribution in [2.24, 2.45) is 5.41 Å². The van der Waals surface area contributed by atoms with Crippen LogP contribution in [0, 0.1) is 17.0 Å². The van der Waals surface area contributed by atoms with E-state index >= 15 is 0 Å². The van der Waals surface area contributed by atoms with Gasteiger partial charge in [-0.15, -0.1) is 0 Å². The normalized spacial score (nSPS) is 13.7. The lowest BCUT2D eigenvalue weighted by Crippen LogP contribution is -2.27. The van der Waals surface area contributed by atoms with Crippen molar-refractivity contribution in [1.29, 1.82) is 0 Å². The first kappa shape index (κ1) is 15.6. The smallest absolute Gasteiger partial charge is 0.145 e. The van der Waals surface area contributed by atoms with Crippen LogP contribution in [0.4, 0.5) is 8.78 Å². The molecular weight excluding hydrogens is 300 g/mol. The summed E-state index contributed by atoms with van der Waals surface area (Å²) in [5, 5.41) is 3.16. The Morgan fingerprint density at radius 3 is 2.39 bits per heavy atom. The fourth-order valence-electron chi connectivity index (χ4n) is 2.00. The van der Waals surface area contributed by atoms with Crippen molar-refractivity contribution in [3.05, 3.63) is 33.8 Å². The zero-order chi connectivity index (χ0) is 13.9. The Bertz CT molecular complexity index is 413. The van der Waals surface area contributed by atoms with Crippen LogP contribution in [-0.4, -0.2) is 6.54 Å². The van der Waals surface area contributed by atoms with Gasteiger partial charge in [0.25, 0.3) is 0 Å². The zero-order valence-electron chi connectivity index (χ0n) is 11.3. The Morgan fingerprint density at radius 1 is 1.28 bits per heavy atom. The molecule has 1 unspecified atom stereocenters. The largest absolute Gasteiger partial charge is 0.310 e. The molecular formula is C14H20BrF2N. The molecule has 1 nitrogen and oxygen atoms in total. The van der Waals surface area contributed by atoms with Crippen molar-refractivity contribution in [3.8, 4) is 0 Å². The summed E-state index contributed by atoms with van der Waals surface area (Å²) in [5.74, 6) is -1.00. The number of rotatable bonds is 4. The molecule has 0 aromatic heterocycles. The Morgan fingerprint density at radius 2 is 1.89 bits per heavy atom. The molecule has 0 aliphatic carbocycles. The van der Waals surface area contributed by atoms with Gasteiger partial charge in [-0.25, -0.2) is 8.78 Å². The van der Waals surface area contributed by atoms with E-state index in [-0.39, 0.29) is 17.0 Å². The molecule has 4 heteroatoms. The highest BCUT2D eigenvalue weighted by atomic mass is 79.9. The number of halogens is 3. The summed E-state index contributed by atoms with van der Waals surface area (Å²) in [7, 11) is 0. The van der Waals surface area contributed by atoms with Crippen molar-refractivity contribution in [1.82, 2.24) is 5.32 Å². The highest BCUT2D eigenvalue weighted by molar-refractivity contribution is 9.10. The van der Waals surface area contributed by atoms with Gasteiger partial charge >= 0.3 is 0 Å². The molecule has 0 fully saturated rings. The monoisotopic (exact) mass is 319 g/mol. The van der Waals surface area contributed by atoms with Crippen LogP contribution in [0.3, 0.4) is 0 Å². The topological polar surface area (TPSA) is 12.0 Å². The van der Waals surface area contributed by atoms with Gasteiger partial charge in [-0.3, -0.25) is 0 Å². The van der Waals surface area contributed by atoms with E-state index in [1.165, 1.54) is 12.1 Å². The molecule has 0 bridgehead atoms. The Kier molecular flexibility index (Phi) is 5.29. The lowest BCUT2D eigenvalue weighted by atomic mass is 9.85. The molecule has 1 aromatic rings. The molecule has 0 aliphatic heterocycles. The van der Waals surface area contributed by atoms with E-state index in [1.807, 2.05) is 6.92 Å². The van der Waals surface area contributed by atoms with Gasteiger partial charge in [0.05, 0.1) is 4.47 Å². The summed E-state index contributed by atoms with van der Waals surface area (Å²) in [6, 6.07) is 2.39. The Labute approximate surface area is 116 Å². The van der Waals surface area contributed by atoms with E-state index in [0.717, 1.165) is 0 Å². The van der Waals surface area contributed by atoms with E-state index in [9.17, 15) is 8.78 Å². The molecule has 0 heterocycles. The highest BCUT2D eigenvalue weighted by Crippen LogP contribution is 2.34. The summed E-state index contributed by atoms with van der Waals surface area (Å²) in [5.41, 5.74) is 0.120. The van der Waals surface area contributed by atoms with E-state index in [4.69, 9.17) is 0 Å². The molecule has 1 atom stereocenters. The number of nitrogens with one attached hydrogen (secondary N) is 1. The van der Waals surface area contributed by atoms with Gasteiger partial charge in [0.1, 0.15) is 11.6 Å². The van der Waals surface area contributed by atoms with Crippen LogP contribution < -0.4 is 5.32 Å². The summed E-state index contributed by atoms with van der Waals surface area (Å²) >= 11 is 3.11. The quantitative estimate of drug-likeness (QED) is 0.785. The summed E-state index contributed by atoms with van der Waals surface area (Å²) in [6.45, 7) is 8.79. The van der Waals surface area contributed by atoms with Crippen LogP contribution in [0.5, 0.6) is 0 Å². The third kappa shape index (κ3) is 4.02. The van der Waals surface area contributed by atoms with Crippen LogP contribution in [0.2, 0.25) is 0 Å². The fraction of sp³-hybridized carbons (Fsp3) is 0.571. The number of benzene rings is 1. The predicted molar refractivity (Wildman–Crippen MR) is 74.5 cm³/mol. The molecule has 0 saturated carbocycles. The van der Waals surface area contributed by atoms with Gasteiger partial charge in [-0.2, -0.15) is 0 Å². The SMILES string of the molecule is CCNC(CC(C)(C)C)c1c(F)ccc(Br)c1F. The second-order valence-corrected chi connectivity index (χ2v) is 6.49. The van der Waals surface area contributed by atoms with Gasteiger partial charge < -0.3 is 5.32 Å². The summed E-state index contributed by atoms with van der Waals surface area (Å²) in [6.07, 6.45) is 0.672. The van der Waals surface area contributed by atoms with Crippen molar-refractivity contribution in [2.75, 3.05) is 6.54 Å². The molecule has 1 aromatic carbocycles. The van der Waals surface area contributed by atoms with Crippen molar-refractivity contribution in [2.45, 2.75) is 40.2 Å². The minimum atomic E-state index is -0.509. The van der Waals surface area contributed by atoms with E-state index in [2.05, 4.69) is 42.0 Å². The average molecular weight is 320 g/mol. The Hall–Kier alpha value is -0.480. The molecule has 0 amide bonds. The molecule has 0 radical (unpaired) electrons. The minimum Gasteiger partial charge on any atom is -0.310 e. The van der Waals surface area contributed by atoms with Crippen LogP contribution in [0.1, 0.15) is 45.7 Å². The Balaban J connectivity index is 3.17. The minimum absolute atomic E-state index is 0.00592. The van der Waals surface area contributed by atoms with E-state index < -0.39 is 11.6 Å². The molecule has 0 spiro atoms. The standard InChI is InChI=1S/C14H20BrF2N/c1-5-18-11(8-14(2,3)4)12-10(16)7-6-9(15)13(12)17/h6-7,11,18H,5,8H2,1-4H3. The fourth-order valence-corrected chi connectivity index (χ4v) is 2.34. The maximum atomic E-state index is 14.1. The van der Waals surface area contributed by atoms with Crippen LogP contribution in [0.15, 0.2) is 16.6 Å². The second-order valence-electron chi connectivity index (χ2n) is 5.63. The van der Waals surface area contributed by atoms with Gasteiger partial charge in [-0.1, -0.05) is 27.7 Å². The van der Waals surface area contributed by atoms with E-state index in [0.29, 0.717) is 17.4 Å². The van der Waals surface area contributed by atoms with Crippen molar-refractivity contribution < 1.29 is 8.78 Å². The van der Waals surface area contributed by atoms with Gasteiger partial charge in [-0.05, 0) is 46.4 Å². The predicted octanol–water partition coefficient (Wildman–Crippen LogP) is 4.81. The molecule has 18 heavy (non-hydrogen) atoms. The van der Waals surface area contributed by atoms with Crippen LogP contribution in [0.25, 0.3) is 0 Å². The number of hydrogen-bond donors (Lipinski definition) is 1. The van der Waals surface area contributed by atoms with E-state index in [1.54, 1.807) is 0 Å². The maximum absolute atomic E-state index is 14.1. The molecule has 1 N–H and O–H groups in total. The van der Waals surface area contributed by atoms with Crippen molar-refractivity contribution in [3.63, 3.8) is 0 Å². The van der Waals surface area contributed by atoms with Crippen LogP contribution >= 0.6 is 15.9 Å². The third-order valence-electron chi connectivity index (χ3n) is 2.69. The zero-order valence-corrected chi connectivity index (χ0v) is 12.9. The molecule has 1 rings (SSSR count). The lowest BCUT2D eigenvalue weighted by molar-refractivity contribution is 0.304. The lowest BCUT2D eigenvalue weighted by Gasteiger charge is -2.27. The highest BCUT2D eigenvalue weighted by Gasteiger charge is 2.25. The van der Waals surface area contributed by atoms with Gasteiger partial charge in [0, 0.05) is 11.6 Å². The first-order valence-electron chi connectivity index (χ1n) is 6.13. The molecule has 0 saturated heterocycles. The first-order valence-corrected chi connectivity index (χ1v) is 6.92. The molecule has 102 valence electrons. The average Bonchev–Trinajstić information content (AvgIpc) is 2.22. The second kappa shape index (κ2) is 6.11. The van der Waals surface area contributed by atoms with Gasteiger partial charge in [0.15, 0.2) is 0 Å². The number of hydrogen-bond acceptors (Lipinski definition) is 1. The third-order valence-corrected chi connectivity index (χ3v) is 3.31. The first-order chi connectivity index (χ1) is 8.26. The van der Waals surface area contributed by atoms with Crippen LogP contribution in [-0.2, 0) is 0 Å². The maximum Gasteiger partial charge on any atom is 0.145 e. The molecule has 0 aliphatic rings.